The van der Waals surface area contributed by atoms with Crippen molar-refractivity contribution in [1.29, 1.82) is 0 Å². The van der Waals surface area contributed by atoms with Crippen LogP contribution in [0.5, 0.6) is 5.75 Å². The van der Waals surface area contributed by atoms with Gasteiger partial charge in [0.15, 0.2) is 5.75 Å². The molecule has 0 amide bonds. The number of benzene rings is 3. The molecule has 10 nitrogen and oxygen atoms in total. The Kier molecular flexibility index (Phi) is 9.18. The van der Waals surface area contributed by atoms with E-state index in [4.69, 9.17) is 9.92 Å². The Bertz CT molecular complexity index is 1440. The second-order valence-electron chi connectivity index (χ2n) is 5.76. The molecule has 3 aromatic carbocycles. The Morgan fingerprint density at radius 1 is 0.742 bits per heavy atom. The smallest absolute Gasteiger partial charge is 0.744 e. The minimum atomic E-state index is -5.17. The van der Waals surface area contributed by atoms with Crippen molar-refractivity contribution in [3.05, 3.63) is 54.6 Å². The number of fused-ring (bicyclic) bond motifs is 1. The molecule has 0 heterocycles. The first-order valence-corrected chi connectivity index (χ1v) is 11.8. The van der Waals surface area contributed by atoms with Crippen LogP contribution in [0, 0.1) is 0 Å². The monoisotopic (exact) mass is 503 g/mol. The van der Waals surface area contributed by atoms with Gasteiger partial charge in [0.25, 0.3) is 0 Å². The Labute approximate surface area is 223 Å². The molecule has 0 atom stereocenters. The van der Waals surface area contributed by atoms with Gasteiger partial charge in [-0.05, 0) is 30.3 Å². The minimum Gasteiger partial charge on any atom is -0.744 e. The largest absolute Gasteiger partial charge is 1.00 e. The first-order valence-electron chi connectivity index (χ1n) is 7.58. The van der Waals surface area contributed by atoms with Crippen LogP contribution in [0.3, 0.4) is 0 Å². The van der Waals surface area contributed by atoms with E-state index in [1.54, 1.807) is 6.07 Å². The van der Waals surface area contributed by atoms with E-state index < -0.39 is 51.3 Å². The zero-order chi connectivity index (χ0) is 21.6. The van der Waals surface area contributed by atoms with Gasteiger partial charge in [-0.25, -0.2) is 16.8 Å². The third kappa shape index (κ3) is 6.21. The van der Waals surface area contributed by atoms with Crippen LogP contribution in [0.2, 0.25) is 0 Å². The van der Waals surface area contributed by atoms with E-state index in [1.165, 1.54) is 24.3 Å². The molecular weight excluding hydrogens is 492 g/mol. The van der Waals surface area contributed by atoms with Crippen molar-refractivity contribution >= 4 is 46.8 Å². The summed E-state index contributed by atoms with van der Waals surface area (Å²) in [5.41, 5.74) is 5.58. The number of rotatable bonds is 5. The summed E-state index contributed by atoms with van der Waals surface area (Å²) in [7, 11) is -14.8. The molecule has 2 N–H and O–H groups in total. The van der Waals surface area contributed by atoms with Gasteiger partial charge in [0.05, 0.1) is 9.79 Å². The maximum Gasteiger partial charge on any atom is 1.00 e. The van der Waals surface area contributed by atoms with Crippen molar-refractivity contribution in [1.82, 2.24) is 0 Å². The first kappa shape index (κ1) is 28.3. The molecule has 0 saturated heterocycles. The summed E-state index contributed by atoms with van der Waals surface area (Å²) in [5.74, 6) is -0.719. The average molecular weight is 503 g/mol. The molecule has 154 valence electrons. The molecule has 0 aliphatic carbocycles. The van der Waals surface area contributed by atoms with Crippen LogP contribution in [0.15, 0.2) is 69.3 Å². The topological polar surface area (TPSA) is 184 Å². The van der Waals surface area contributed by atoms with Crippen LogP contribution in [-0.4, -0.2) is 34.4 Å². The van der Waals surface area contributed by atoms with Gasteiger partial charge in [-0.1, -0.05) is 18.2 Å². The molecule has 0 radical (unpaired) electrons. The number of hydrogen-bond acceptors (Lipinski definition) is 10. The number of hydrogen-bond donors (Lipinski definition) is 1. The standard InChI is InChI=1S/C16H13NO9S3.2Na/c17-13-6-7-15(28(21,22)23)12-8-11(27(18,19)20)9-14(16(12)13)26-29(24,25)10-4-2-1-3-5-10;;/h1-9H,17H2,(H,18,19,20)(H,21,22,23);;/q;2*+1/p-2. The van der Waals surface area contributed by atoms with Crippen LogP contribution in [-0.2, 0) is 30.4 Å². The number of nitrogen functional groups attached to an aromatic ring is 1. The van der Waals surface area contributed by atoms with E-state index in [9.17, 15) is 34.4 Å². The van der Waals surface area contributed by atoms with Gasteiger partial charge in [0, 0.05) is 22.5 Å². The van der Waals surface area contributed by atoms with E-state index >= 15 is 0 Å². The molecule has 3 rings (SSSR count). The summed E-state index contributed by atoms with van der Waals surface area (Å²) in [6.07, 6.45) is 0. The van der Waals surface area contributed by atoms with Gasteiger partial charge < -0.3 is 19.0 Å². The Morgan fingerprint density at radius 2 is 1.32 bits per heavy atom. The fraction of sp³-hybridized carbons (Fsp3) is 0. The van der Waals surface area contributed by atoms with Crippen molar-refractivity contribution in [3.8, 4) is 5.75 Å². The summed E-state index contributed by atoms with van der Waals surface area (Å²) in [5, 5.41) is -0.913. The van der Waals surface area contributed by atoms with E-state index in [0.717, 1.165) is 12.1 Å². The molecule has 0 spiro atoms. The number of nitrogens with two attached hydrogens (primary N) is 1. The predicted molar refractivity (Wildman–Crippen MR) is 98.5 cm³/mol. The fourth-order valence-electron chi connectivity index (χ4n) is 2.60. The SMILES string of the molecule is Nc1ccc(S(=O)(=O)[O-])c2cc(S(=O)(=O)[O-])cc(OS(=O)(=O)c3ccccc3)c12.[Na+].[Na+]. The van der Waals surface area contributed by atoms with Crippen molar-refractivity contribution < 1.29 is 97.7 Å². The molecule has 0 saturated carbocycles. The van der Waals surface area contributed by atoms with Crippen molar-refractivity contribution in [3.63, 3.8) is 0 Å². The molecule has 0 aliphatic heterocycles. The summed E-state index contributed by atoms with van der Waals surface area (Å²) in [6.45, 7) is 0. The van der Waals surface area contributed by atoms with E-state index in [1.807, 2.05) is 0 Å². The minimum absolute atomic E-state index is 0. The van der Waals surface area contributed by atoms with Crippen LogP contribution >= 0.6 is 0 Å². The molecule has 0 fully saturated rings. The average Bonchev–Trinajstić information content (AvgIpc) is 2.60. The van der Waals surface area contributed by atoms with E-state index in [0.29, 0.717) is 12.1 Å². The molecule has 31 heavy (non-hydrogen) atoms. The third-order valence-corrected chi connectivity index (χ3v) is 6.79. The van der Waals surface area contributed by atoms with Gasteiger partial charge in [0.2, 0.25) is 0 Å². The number of anilines is 1. The Hall–Kier alpha value is -0.710. The second kappa shape index (κ2) is 10.1. The molecule has 15 heteroatoms. The molecule has 0 bridgehead atoms. The van der Waals surface area contributed by atoms with Crippen molar-refractivity contribution in [2.24, 2.45) is 0 Å². The van der Waals surface area contributed by atoms with Gasteiger partial charge in [-0.3, -0.25) is 0 Å². The Morgan fingerprint density at radius 3 is 1.84 bits per heavy atom. The normalized spacial score (nSPS) is 11.9. The van der Waals surface area contributed by atoms with Crippen LogP contribution in [0.1, 0.15) is 0 Å². The summed E-state index contributed by atoms with van der Waals surface area (Å²) >= 11 is 0. The van der Waals surface area contributed by atoms with Gasteiger partial charge in [-0.15, -0.1) is 0 Å². The third-order valence-electron chi connectivity index (χ3n) is 3.83. The summed E-state index contributed by atoms with van der Waals surface area (Å²) < 4.78 is 99.2. The summed E-state index contributed by atoms with van der Waals surface area (Å²) in [6, 6.07) is 9.81. The van der Waals surface area contributed by atoms with E-state index in [2.05, 4.69) is 0 Å². The maximum absolute atomic E-state index is 12.5. The molecule has 0 unspecified atom stereocenters. The van der Waals surface area contributed by atoms with Crippen LogP contribution < -0.4 is 69.0 Å². The van der Waals surface area contributed by atoms with Gasteiger partial charge in [0.1, 0.15) is 25.1 Å². The zero-order valence-corrected chi connectivity index (χ0v) is 22.6. The second-order valence-corrected chi connectivity index (χ2v) is 10.0. The van der Waals surface area contributed by atoms with Crippen molar-refractivity contribution in [2.45, 2.75) is 14.7 Å². The van der Waals surface area contributed by atoms with Gasteiger partial charge >= 0.3 is 69.2 Å². The predicted octanol–water partition coefficient (Wildman–Crippen LogP) is -4.99. The first-order chi connectivity index (χ1) is 13.3. The molecular formula is C16H11NNa2O9S3. The molecule has 0 aliphatic rings. The maximum atomic E-state index is 12.5. The van der Waals surface area contributed by atoms with Crippen LogP contribution in [0.25, 0.3) is 10.8 Å². The molecule has 0 aromatic heterocycles. The fourth-order valence-corrected chi connectivity index (χ4v) is 4.74. The quantitative estimate of drug-likeness (QED) is 0.153. The van der Waals surface area contributed by atoms with E-state index in [-0.39, 0.29) is 75.1 Å². The summed E-state index contributed by atoms with van der Waals surface area (Å²) in [4.78, 5) is -2.19. The van der Waals surface area contributed by atoms with Crippen molar-refractivity contribution in [2.75, 3.05) is 5.73 Å². The molecule has 3 aromatic rings. The van der Waals surface area contributed by atoms with Crippen LogP contribution in [0.4, 0.5) is 5.69 Å². The van der Waals surface area contributed by atoms with Gasteiger partial charge in [-0.2, -0.15) is 8.42 Å². The Balaban J connectivity index is 0.00000240. The zero-order valence-electron chi connectivity index (χ0n) is 16.2.